The van der Waals surface area contributed by atoms with Gasteiger partial charge in [0.1, 0.15) is 0 Å². The molecule has 1 aromatic carbocycles. The molecule has 0 bridgehead atoms. The summed E-state index contributed by atoms with van der Waals surface area (Å²) in [5.74, 6) is -0.00548. The van der Waals surface area contributed by atoms with Crippen LogP contribution in [0.4, 0.5) is 0 Å². The van der Waals surface area contributed by atoms with Crippen molar-refractivity contribution in [2.45, 2.75) is 57.7 Å². The standard InChI is InChI=1S/C18H23N3O.ClH/c1-12-6-4-5-7-13(12)18-9-8-15(17(2,3)11-19)21(18)16(22)14(20)10-18;/h4-7,14-15H,8-10,20H2,1-3H3;1H/t14-,15+,18+;/m0./s1. The van der Waals surface area contributed by atoms with E-state index in [9.17, 15) is 10.1 Å². The summed E-state index contributed by atoms with van der Waals surface area (Å²) in [4.78, 5) is 14.7. The fourth-order valence-electron chi connectivity index (χ4n) is 4.35. The normalized spacial score (nSPS) is 29.9. The van der Waals surface area contributed by atoms with Crippen LogP contribution in [-0.4, -0.2) is 22.9 Å². The van der Waals surface area contributed by atoms with Gasteiger partial charge in [0, 0.05) is 0 Å². The second-order valence-corrected chi connectivity index (χ2v) is 7.25. The highest BCUT2D eigenvalue weighted by atomic mass is 35.5. The Hall–Kier alpha value is -1.57. The molecule has 2 saturated heterocycles. The maximum atomic E-state index is 12.7. The minimum atomic E-state index is -0.565. The van der Waals surface area contributed by atoms with Gasteiger partial charge in [0.15, 0.2) is 0 Å². The lowest BCUT2D eigenvalue weighted by Crippen LogP contribution is -2.49. The minimum absolute atomic E-state index is 0. The Balaban J connectivity index is 0.00000192. The Morgan fingerprint density at radius 2 is 2.04 bits per heavy atom. The molecule has 3 rings (SSSR count). The zero-order chi connectivity index (χ0) is 16.1. The molecule has 2 heterocycles. The van der Waals surface area contributed by atoms with Gasteiger partial charge in [0.05, 0.1) is 29.1 Å². The number of carbonyl (C=O) groups is 1. The van der Waals surface area contributed by atoms with Gasteiger partial charge in [-0.3, -0.25) is 4.79 Å². The second kappa shape index (κ2) is 5.81. The first-order valence-electron chi connectivity index (χ1n) is 7.89. The van der Waals surface area contributed by atoms with Gasteiger partial charge in [-0.15, -0.1) is 12.4 Å². The van der Waals surface area contributed by atoms with Crippen LogP contribution in [0.1, 0.15) is 44.2 Å². The van der Waals surface area contributed by atoms with Crippen molar-refractivity contribution in [2.75, 3.05) is 0 Å². The molecule has 1 aromatic rings. The summed E-state index contributed by atoms with van der Waals surface area (Å²) in [6.45, 7) is 5.92. The van der Waals surface area contributed by atoms with Crippen molar-refractivity contribution >= 4 is 18.3 Å². The second-order valence-electron chi connectivity index (χ2n) is 7.25. The Labute approximate surface area is 144 Å². The van der Waals surface area contributed by atoms with Gasteiger partial charge < -0.3 is 10.6 Å². The molecule has 0 saturated carbocycles. The van der Waals surface area contributed by atoms with Crippen molar-refractivity contribution in [1.82, 2.24) is 4.90 Å². The number of nitriles is 1. The first-order chi connectivity index (χ1) is 10.3. The summed E-state index contributed by atoms with van der Waals surface area (Å²) in [5.41, 5.74) is 7.59. The molecule has 0 spiro atoms. The van der Waals surface area contributed by atoms with Gasteiger partial charge in [0.25, 0.3) is 0 Å². The average molecular weight is 334 g/mol. The first kappa shape index (κ1) is 17.8. The molecule has 0 unspecified atom stereocenters. The van der Waals surface area contributed by atoms with Gasteiger partial charge in [-0.05, 0) is 51.2 Å². The third-order valence-corrected chi connectivity index (χ3v) is 5.48. The zero-order valence-electron chi connectivity index (χ0n) is 13.9. The van der Waals surface area contributed by atoms with E-state index in [2.05, 4.69) is 25.1 Å². The van der Waals surface area contributed by atoms with E-state index in [1.54, 1.807) is 0 Å². The van der Waals surface area contributed by atoms with E-state index in [4.69, 9.17) is 5.73 Å². The highest BCUT2D eigenvalue weighted by Crippen LogP contribution is 2.53. The molecule has 0 aliphatic carbocycles. The van der Waals surface area contributed by atoms with Crippen molar-refractivity contribution in [3.05, 3.63) is 35.4 Å². The quantitative estimate of drug-likeness (QED) is 0.904. The number of aryl methyl sites for hydroxylation is 1. The number of benzene rings is 1. The molecule has 2 N–H and O–H groups in total. The fourth-order valence-corrected chi connectivity index (χ4v) is 4.35. The van der Waals surface area contributed by atoms with Gasteiger partial charge in [0.2, 0.25) is 5.91 Å². The van der Waals surface area contributed by atoms with Crippen LogP contribution >= 0.6 is 12.4 Å². The third kappa shape index (κ3) is 2.43. The Bertz CT molecular complexity index is 666. The Morgan fingerprint density at radius 3 is 2.65 bits per heavy atom. The number of carbonyl (C=O) groups excluding carboxylic acids is 1. The number of nitrogens with two attached hydrogens (primary N) is 1. The predicted molar refractivity (Wildman–Crippen MR) is 92.0 cm³/mol. The number of hydrogen-bond donors (Lipinski definition) is 1. The maximum absolute atomic E-state index is 12.7. The van der Waals surface area contributed by atoms with Crippen LogP contribution in [0, 0.1) is 23.7 Å². The Kier molecular flexibility index (Phi) is 4.49. The molecule has 124 valence electrons. The molecule has 2 aliphatic rings. The monoisotopic (exact) mass is 333 g/mol. The molecule has 23 heavy (non-hydrogen) atoms. The Morgan fingerprint density at radius 1 is 1.39 bits per heavy atom. The van der Waals surface area contributed by atoms with Crippen LogP contribution in [-0.2, 0) is 10.3 Å². The van der Waals surface area contributed by atoms with Crippen molar-refractivity contribution in [1.29, 1.82) is 5.26 Å². The number of nitrogens with zero attached hydrogens (tertiary/aromatic N) is 2. The van der Waals surface area contributed by atoms with Crippen LogP contribution in [0.3, 0.4) is 0 Å². The van der Waals surface area contributed by atoms with Gasteiger partial charge in [-0.1, -0.05) is 24.3 Å². The van der Waals surface area contributed by atoms with Crippen molar-refractivity contribution in [3.8, 4) is 6.07 Å². The van der Waals surface area contributed by atoms with Crippen LogP contribution in [0.2, 0.25) is 0 Å². The lowest BCUT2D eigenvalue weighted by Gasteiger charge is -2.40. The topological polar surface area (TPSA) is 70.1 Å². The van der Waals surface area contributed by atoms with Crippen LogP contribution in [0.15, 0.2) is 24.3 Å². The molecule has 3 atom stereocenters. The van der Waals surface area contributed by atoms with Crippen LogP contribution < -0.4 is 5.73 Å². The summed E-state index contributed by atoms with van der Waals surface area (Å²) in [5, 5.41) is 9.52. The number of amides is 1. The molecular formula is C18H24ClN3O. The van der Waals surface area contributed by atoms with Gasteiger partial charge in [-0.2, -0.15) is 5.26 Å². The highest BCUT2D eigenvalue weighted by molar-refractivity contribution is 5.86. The van der Waals surface area contributed by atoms with Crippen molar-refractivity contribution in [3.63, 3.8) is 0 Å². The van der Waals surface area contributed by atoms with Crippen LogP contribution in [0.5, 0.6) is 0 Å². The van der Waals surface area contributed by atoms with E-state index >= 15 is 0 Å². The fraction of sp³-hybridized carbons (Fsp3) is 0.556. The summed E-state index contributed by atoms with van der Waals surface area (Å²) in [6, 6.07) is 10.1. The van der Waals surface area contributed by atoms with E-state index in [0.717, 1.165) is 12.8 Å². The van der Waals surface area contributed by atoms with E-state index < -0.39 is 11.5 Å². The van der Waals surface area contributed by atoms with E-state index in [-0.39, 0.29) is 29.9 Å². The summed E-state index contributed by atoms with van der Waals surface area (Å²) < 4.78 is 0. The number of rotatable bonds is 2. The molecule has 4 nitrogen and oxygen atoms in total. The molecule has 0 aromatic heterocycles. The number of halogens is 1. The average Bonchev–Trinajstić information content (AvgIpc) is 2.97. The summed E-state index contributed by atoms with van der Waals surface area (Å²) >= 11 is 0. The lowest BCUT2D eigenvalue weighted by molar-refractivity contribution is -0.134. The summed E-state index contributed by atoms with van der Waals surface area (Å²) in [7, 11) is 0. The lowest BCUT2D eigenvalue weighted by atomic mass is 9.82. The van der Waals surface area contributed by atoms with E-state index in [1.165, 1.54) is 11.1 Å². The highest BCUT2D eigenvalue weighted by Gasteiger charge is 2.60. The molecule has 0 radical (unpaired) electrons. The van der Waals surface area contributed by atoms with Crippen molar-refractivity contribution in [2.24, 2.45) is 11.1 Å². The van der Waals surface area contributed by atoms with Gasteiger partial charge in [-0.25, -0.2) is 0 Å². The molecular weight excluding hydrogens is 310 g/mol. The molecule has 1 amide bonds. The summed E-state index contributed by atoms with van der Waals surface area (Å²) in [6.07, 6.45) is 2.38. The molecule has 5 heteroatoms. The first-order valence-corrected chi connectivity index (χ1v) is 7.89. The maximum Gasteiger partial charge on any atom is 0.240 e. The zero-order valence-corrected chi connectivity index (χ0v) is 14.7. The predicted octanol–water partition coefficient (Wildman–Crippen LogP) is 2.88. The smallest absolute Gasteiger partial charge is 0.240 e. The van der Waals surface area contributed by atoms with E-state index in [0.29, 0.717) is 6.42 Å². The van der Waals surface area contributed by atoms with E-state index in [1.807, 2.05) is 30.9 Å². The van der Waals surface area contributed by atoms with Crippen molar-refractivity contribution < 1.29 is 4.79 Å². The van der Waals surface area contributed by atoms with Crippen LogP contribution in [0.25, 0.3) is 0 Å². The molecule has 2 aliphatic heterocycles. The number of hydrogen-bond acceptors (Lipinski definition) is 3. The third-order valence-electron chi connectivity index (χ3n) is 5.48. The largest absolute Gasteiger partial charge is 0.327 e. The SMILES string of the molecule is Cc1ccccc1[C@]12CC[C@H](C(C)(C)C#N)N1C(=O)[C@@H](N)C2.Cl. The molecule has 2 fully saturated rings. The minimum Gasteiger partial charge on any atom is -0.327 e. The number of fused-ring (bicyclic) bond motifs is 1. The van der Waals surface area contributed by atoms with Gasteiger partial charge >= 0.3 is 0 Å².